The summed E-state index contributed by atoms with van der Waals surface area (Å²) in [5, 5.41) is 10.9. The number of aliphatic hydroxyl groups is 1. The molecule has 3 heteroatoms. The van der Waals surface area contributed by atoms with Crippen LogP contribution in [0.25, 0.3) is 11.1 Å². The molecule has 18 heavy (non-hydrogen) atoms. The number of hydrogen-bond acceptors (Lipinski definition) is 1. The molecule has 0 heterocycles. The lowest BCUT2D eigenvalue weighted by Gasteiger charge is -2.22. The molecule has 0 aliphatic heterocycles. The Hall–Kier alpha value is -0.830. The van der Waals surface area contributed by atoms with Crippen molar-refractivity contribution in [2.24, 2.45) is 0 Å². The first-order valence-electron chi connectivity index (χ1n) is 5.67. The first-order chi connectivity index (χ1) is 8.39. The Labute approximate surface area is 121 Å². The summed E-state index contributed by atoms with van der Waals surface area (Å²) in [4.78, 5) is 0. The molecule has 0 amide bonds. The third kappa shape index (κ3) is 2.77. The largest absolute Gasteiger partial charge is 0.386 e. The van der Waals surface area contributed by atoms with Crippen molar-refractivity contribution < 1.29 is 5.11 Å². The second-order valence-electron chi connectivity index (χ2n) is 4.73. The fourth-order valence-electron chi connectivity index (χ4n) is 1.94. The highest BCUT2D eigenvalue weighted by atomic mass is 79.9. The molecule has 0 atom stereocenters. The summed E-state index contributed by atoms with van der Waals surface area (Å²) >= 11 is 9.57. The third-order valence-electron chi connectivity index (χ3n) is 2.80. The molecular weight excluding hydrogens is 312 g/mol. The van der Waals surface area contributed by atoms with Crippen molar-refractivity contribution in [1.29, 1.82) is 0 Å². The van der Waals surface area contributed by atoms with Crippen LogP contribution in [0.15, 0.2) is 46.9 Å². The van der Waals surface area contributed by atoms with Crippen molar-refractivity contribution in [3.63, 3.8) is 0 Å². The molecule has 2 aromatic rings. The molecule has 0 bridgehead atoms. The summed E-state index contributed by atoms with van der Waals surface area (Å²) < 4.78 is 0.998. The van der Waals surface area contributed by atoms with Crippen molar-refractivity contribution in [3.8, 4) is 11.1 Å². The minimum atomic E-state index is -0.935. The Balaban J connectivity index is 2.69. The molecule has 94 valence electrons. The van der Waals surface area contributed by atoms with Crippen LogP contribution in [-0.4, -0.2) is 5.11 Å². The van der Waals surface area contributed by atoms with E-state index in [1.165, 1.54) is 0 Å². The van der Waals surface area contributed by atoms with Gasteiger partial charge in [0.2, 0.25) is 0 Å². The van der Waals surface area contributed by atoms with Gasteiger partial charge in [-0.2, -0.15) is 0 Å². The van der Waals surface area contributed by atoms with E-state index in [9.17, 15) is 5.11 Å². The van der Waals surface area contributed by atoms with E-state index in [1.807, 2.05) is 42.5 Å². The van der Waals surface area contributed by atoms with Crippen LogP contribution in [0.5, 0.6) is 0 Å². The van der Waals surface area contributed by atoms with Gasteiger partial charge in [-0.15, -0.1) is 0 Å². The molecule has 2 rings (SSSR count). The lowest BCUT2D eigenvalue weighted by molar-refractivity contribution is 0.0792. The van der Waals surface area contributed by atoms with Gasteiger partial charge in [0.05, 0.1) is 5.60 Å². The van der Waals surface area contributed by atoms with Crippen molar-refractivity contribution in [2.75, 3.05) is 0 Å². The molecule has 0 aliphatic carbocycles. The molecule has 2 aromatic carbocycles. The topological polar surface area (TPSA) is 20.2 Å². The average molecular weight is 326 g/mol. The average Bonchev–Trinajstić information content (AvgIpc) is 2.29. The second kappa shape index (κ2) is 5.04. The first-order valence-corrected chi connectivity index (χ1v) is 6.84. The zero-order chi connectivity index (χ0) is 13.3. The second-order valence-corrected chi connectivity index (χ2v) is 6.02. The molecule has 0 saturated carbocycles. The normalized spacial score (nSPS) is 11.6. The van der Waals surface area contributed by atoms with Crippen LogP contribution in [0.4, 0.5) is 0 Å². The lowest BCUT2D eigenvalue weighted by atomic mass is 9.89. The predicted octanol–water partition coefficient (Wildman–Crippen LogP) is 5.00. The van der Waals surface area contributed by atoms with Gasteiger partial charge in [-0.25, -0.2) is 0 Å². The van der Waals surface area contributed by atoms with Gasteiger partial charge in [-0.05, 0) is 48.7 Å². The molecule has 1 nitrogen and oxygen atoms in total. The molecule has 1 N–H and O–H groups in total. The van der Waals surface area contributed by atoms with Crippen LogP contribution < -0.4 is 0 Å². The van der Waals surface area contributed by atoms with Gasteiger partial charge in [0.1, 0.15) is 0 Å². The van der Waals surface area contributed by atoms with E-state index < -0.39 is 5.60 Å². The van der Waals surface area contributed by atoms with Crippen LogP contribution in [0.2, 0.25) is 5.02 Å². The van der Waals surface area contributed by atoms with E-state index in [0.717, 1.165) is 21.2 Å². The zero-order valence-corrected chi connectivity index (χ0v) is 12.6. The molecular formula is C15H14BrClO. The molecule has 0 aliphatic rings. The fraction of sp³-hybridized carbons (Fsp3) is 0.200. The maximum Gasteiger partial charge on any atom is 0.0847 e. The van der Waals surface area contributed by atoms with E-state index in [-0.39, 0.29) is 0 Å². The molecule has 0 fully saturated rings. The van der Waals surface area contributed by atoms with Gasteiger partial charge in [0, 0.05) is 9.50 Å². The van der Waals surface area contributed by atoms with Crippen LogP contribution in [0.3, 0.4) is 0 Å². The summed E-state index contributed by atoms with van der Waals surface area (Å²) in [6.45, 7) is 3.53. The van der Waals surface area contributed by atoms with E-state index in [1.54, 1.807) is 13.8 Å². The minimum absolute atomic E-state index is 0.628. The fourth-order valence-corrected chi connectivity index (χ4v) is 2.61. The molecule has 0 unspecified atom stereocenters. The Morgan fingerprint density at radius 2 is 1.72 bits per heavy atom. The summed E-state index contributed by atoms with van der Waals surface area (Å²) in [5.74, 6) is 0. The number of benzene rings is 2. The first kappa shape index (κ1) is 13.6. The smallest absolute Gasteiger partial charge is 0.0847 e. The predicted molar refractivity (Wildman–Crippen MR) is 79.8 cm³/mol. The van der Waals surface area contributed by atoms with Crippen LogP contribution in [0, 0.1) is 0 Å². The Morgan fingerprint density at radius 3 is 2.33 bits per heavy atom. The zero-order valence-electron chi connectivity index (χ0n) is 10.2. The Morgan fingerprint density at radius 1 is 1.06 bits per heavy atom. The highest BCUT2D eigenvalue weighted by molar-refractivity contribution is 9.10. The van der Waals surface area contributed by atoms with E-state index in [2.05, 4.69) is 15.9 Å². The maximum atomic E-state index is 10.3. The SMILES string of the molecule is CC(C)(O)c1cc(Cl)ccc1-c1ccccc1Br. The Bertz CT molecular complexity index is 573. The molecule has 0 saturated heterocycles. The van der Waals surface area contributed by atoms with Crippen LogP contribution >= 0.6 is 27.5 Å². The lowest BCUT2D eigenvalue weighted by Crippen LogP contribution is -2.16. The molecule has 0 radical (unpaired) electrons. The Kier molecular flexibility index (Phi) is 3.81. The van der Waals surface area contributed by atoms with Crippen LogP contribution in [-0.2, 0) is 5.60 Å². The monoisotopic (exact) mass is 324 g/mol. The maximum absolute atomic E-state index is 10.3. The van der Waals surface area contributed by atoms with Gasteiger partial charge >= 0.3 is 0 Å². The van der Waals surface area contributed by atoms with Gasteiger partial charge < -0.3 is 5.11 Å². The summed E-state index contributed by atoms with van der Waals surface area (Å²) in [7, 11) is 0. The number of rotatable bonds is 2. The highest BCUT2D eigenvalue weighted by Gasteiger charge is 2.21. The minimum Gasteiger partial charge on any atom is -0.386 e. The van der Waals surface area contributed by atoms with E-state index in [4.69, 9.17) is 11.6 Å². The van der Waals surface area contributed by atoms with E-state index >= 15 is 0 Å². The standard InChI is InChI=1S/C15H14BrClO/c1-15(2,18)13-9-10(17)7-8-11(13)12-5-3-4-6-14(12)16/h3-9,18H,1-2H3. The molecule has 0 aromatic heterocycles. The summed E-state index contributed by atoms with van der Waals surface area (Å²) in [5.41, 5.74) is 1.92. The number of halogens is 2. The van der Waals surface area contributed by atoms with Gasteiger partial charge in [0.25, 0.3) is 0 Å². The van der Waals surface area contributed by atoms with Gasteiger partial charge in [-0.3, -0.25) is 0 Å². The summed E-state index contributed by atoms with van der Waals surface area (Å²) in [6.07, 6.45) is 0. The van der Waals surface area contributed by atoms with Crippen molar-refractivity contribution in [1.82, 2.24) is 0 Å². The van der Waals surface area contributed by atoms with Gasteiger partial charge in [-0.1, -0.05) is 51.8 Å². The van der Waals surface area contributed by atoms with Gasteiger partial charge in [0.15, 0.2) is 0 Å². The highest BCUT2D eigenvalue weighted by Crippen LogP contribution is 2.36. The summed E-state index contributed by atoms with van der Waals surface area (Å²) in [6, 6.07) is 13.5. The van der Waals surface area contributed by atoms with Crippen LogP contribution in [0.1, 0.15) is 19.4 Å². The third-order valence-corrected chi connectivity index (χ3v) is 3.73. The molecule has 0 spiro atoms. The number of hydrogen-bond donors (Lipinski definition) is 1. The van der Waals surface area contributed by atoms with Crippen molar-refractivity contribution in [3.05, 3.63) is 57.5 Å². The quantitative estimate of drug-likeness (QED) is 0.824. The van der Waals surface area contributed by atoms with Crippen molar-refractivity contribution in [2.45, 2.75) is 19.4 Å². The van der Waals surface area contributed by atoms with E-state index in [0.29, 0.717) is 5.02 Å². The van der Waals surface area contributed by atoms with Crippen molar-refractivity contribution >= 4 is 27.5 Å².